The fraction of sp³-hybridized carbons (Fsp3) is 0.458. The number of benzene rings is 1. The molecular weight excluding hydrogens is 474 g/mol. The molecule has 5 nitrogen and oxygen atoms in total. The van der Waals surface area contributed by atoms with Crippen LogP contribution < -0.4 is 10.9 Å². The van der Waals surface area contributed by atoms with Crippen LogP contribution in [0, 0.1) is 5.41 Å². The molecule has 1 aliphatic carbocycles. The molecule has 0 bridgehead atoms. The molecule has 164 valence electrons. The Morgan fingerprint density at radius 1 is 1.16 bits per heavy atom. The molecule has 1 aliphatic heterocycles. The summed E-state index contributed by atoms with van der Waals surface area (Å²) in [6.45, 7) is 6.40. The molecule has 1 unspecified atom stereocenters. The van der Waals surface area contributed by atoms with Gasteiger partial charge in [-0.25, -0.2) is 4.98 Å². The van der Waals surface area contributed by atoms with E-state index in [0.29, 0.717) is 28.5 Å². The Kier molecular flexibility index (Phi) is 6.44. The molecule has 7 heteroatoms. The Balaban J connectivity index is 1.80. The number of carbonyl (C=O) groups is 1. The number of anilines is 1. The zero-order valence-corrected chi connectivity index (χ0v) is 20.6. The van der Waals surface area contributed by atoms with Gasteiger partial charge in [-0.3, -0.25) is 9.59 Å². The summed E-state index contributed by atoms with van der Waals surface area (Å²) in [6.07, 6.45) is 4.65. The van der Waals surface area contributed by atoms with Crippen LogP contribution in [0.5, 0.6) is 0 Å². The lowest BCUT2D eigenvalue weighted by atomic mass is 9.69. The first kappa shape index (κ1) is 22.3. The first-order valence-corrected chi connectivity index (χ1v) is 12.6. The molecule has 0 saturated heterocycles. The number of hydrogen-bond acceptors (Lipinski definition) is 5. The number of nitrogens with zero attached hydrogens (tertiary/aromatic N) is 1. The predicted molar refractivity (Wildman–Crippen MR) is 130 cm³/mol. The number of aromatic nitrogens is 2. The Labute approximate surface area is 195 Å². The number of carbonyl (C=O) groups excluding carboxylic acids is 1. The van der Waals surface area contributed by atoms with Crippen LogP contribution in [0.25, 0.3) is 0 Å². The molecule has 1 aromatic heterocycles. The zero-order chi connectivity index (χ0) is 22.2. The highest BCUT2D eigenvalue weighted by Crippen LogP contribution is 2.47. The Morgan fingerprint density at radius 3 is 2.61 bits per heavy atom. The van der Waals surface area contributed by atoms with Crippen LogP contribution in [0.3, 0.4) is 0 Å². The summed E-state index contributed by atoms with van der Waals surface area (Å²) in [5, 5.41) is 4.02. The highest BCUT2D eigenvalue weighted by atomic mass is 79.9. The number of fused-ring (bicyclic) bond motifs is 1. The molecule has 2 aliphatic rings. The number of hydrogen-bond donors (Lipinski definition) is 2. The molecule has 1 aromatic carbocycles. The van der Waals surface area contributed by atoms with Crippen LogP contribution in [0.2, 0.25) is 0 Å². The van der Waals surface area contributed by atoms with Gasteiger partial charge in [-0.15, -0.1) is 0 Å². The topological polar surface area (TPSA) is 74.8 Å². The molecule has 0 amide bonds. The van der Waals surface area contributed by atoms with Crippen LogP contribution in [0.15, 0.2) is 50.0 Å². The van der Waals surface area contributed by atoms with Gasteiger partial charge < -0.3 is 10.3 Å². The SMILES string of the molecule is CCCCCSc1nc2c(c(=O)[nH]1)C(c1ccc(Br)cc1)C1=C(CC(C)(C)CC1=O)N2. The normalized spacial score (nSPS) is 19.6. The quantitative estimate of drug-likeness (QED) is 0.287. The van der Waals surface area contributed by atoms with Crippen molar-refractivity contribution in [1.29, 1.82) is 0 Å². The van der Waals surface area contributed by atoms with E-state index in [1.807, 2.05) is 24.3 Å². The van der Waals surface area contributed by atoms with Gasteiger partial charge in [-0.2, -0.15) is 0 Å². The van der Waals surface area contributed by atoms with Crippen molar-refractivity contribution >= 4 is 39.3 Å². The molecule has 4 rings (SSSR count). The molecule has 2 aromatic rings. The van der Waals surface area contributed by atoms with Crippen LogP contribution in [-0.2, 0) is 4.79 Å². The summed E-state index contributed by atoms with van der Waals surface area (Å²) in [5.41, 5.74) is 2.79. The average molecular weight is 502 g/mol. The van der Waals surface area contributed by atoms with Crippen molar-refractivity contribution in [2.75, 3.05) is 11.1 Å². The third-order valence-electron chi connectivity index (χ3n) is 5.89. The van der Waals surface area contributed by atoms with E-state index in [4.69, 9.17) is 4.98 Å². The Morgan fingerprint density at radius 2 is 1.90 bits per heavy atom. The number of halogens is 1. The lowest BCUT2D eigenvalue weighted by molar-refractivity contribution is -0.118. The minimum absolute atomic E-state index is 0.106. The molecule has 0 radical (unpaired) electrons. The summed E-state index contributed by atoms with van der Waals surface area (Å²) in [5.74, 6) is 1.21. The van der Waals surface area contributed by atoms with Crippen molar-refractivity contribution in [3.63, 3.8) is 0 Å². The Bertz CT molecular complexity index is 1090. The molecule has 1 atom stereocenters. The number of nitrogens with one attached hydrogen (secondary N) is 2. The van der Waals surface area contributed by atoms with Gasteiger partial charge in [0.25, 0.3) is 5.56 Å². The summed E-state index contributed by atoms with van der Waals surface area (Å²) in [7, 11) is 0. The average Bonchev–Trinajstić information content (AvgIpc) is 2.69. The van der Waals surface area contributed by atoms with Gasteiger partial charge in [0, 0.05) is 33.8 Å². The van der Waals surface area contributed by atoms with Crippen molar-refractivity contribution in [2.24, 2.45) is 5.41 Å². The third-order valence-corrected chi connectivity index (χ3v) is 7.38. The number of H-pyrrole nitrogens is 1. The van der Waals surface area contributed by atoms with Gasteiger partial charge in [0.2, 0.25) is 0 Å². The minimum atomic E-state index is -0.404. The number of Topliss-reactive ketones (excluding diaryl/α,β-unsaturated/α-hetero) is 1. The summed E-state index contributed by atoms with van der Waals surface area (Å²) in [4.78, 5) is 34.2. The second-order valence-corrected chi connectivity index (χ2v) is 11.1. The fourth-order valence-corrected chi connectivity index (χ4v) is 5.60. The number of unbranched alkanes of at least 4 members (excludes halogenated alkanes) is 2. The van der Waals surface area contributed by atoms with Crippen LogP contribution in [-0.4, -0.2) is 21.5 Å². The molecule has 2 N–H and O–H groups in total. The van der Waals surface area contributed by atoms with Crippen LogP contribution in [0.1, 0.15) is 69.9 Å². The van der Waals surface area contributed by atoms with E-state index in [1.54, 1.807) is 11.8 Å². The van der Waals surface area contributed by atoms with Gasteiger partial charge in [0.05, 0.1) is 5.56 Å². The molecular formula is C24H28BrN3O2S. The number of ketones is 1. The first-order chi connectivity index (χ1) is 14.8. The summed E-state index contributed by atoms with van der Waals surface area (Å²) >= 11 is 5.06. The fourth-order valence-electron chi connectivity index (χ4n) is 4.47. The van der Waals surface area contributed by atoms with E-state index in [1.165, 1.54) is 6.42 Å². The highest BCUT2D eigenvalue weighted by Gasteiger charge is 2.42. The van der Waals surface area contributed by atoms with E-state index in [0.717, 1.165) is 40.7 Å². The van der Waals surface area contributed by atoms with Crippen molar-refractivity contribution < 1.29 is 4.79 Å². The van der Waals surface area contributed by atoms with E-state index in [2.05, 4.69) is 47.0 Å². The van der Waals surface area contributed by atoms with E-state index >= 15 is 0 Å². The van der Waals surface area contributed by atoms with Gasteiger partial charge in [0.1, 0.15) is 5.82 Å². The maximum Gasteiger partial charge on any atom is 0.257 e. The molecule has 0 spiro atoms. The number of aromatic amines is 1. The second-order valence-electron chi connectivity index (χ2n) is 9.13. The van der Waals surface area contributed by atoms with Crippen LogP contribution >= 0.6 is 27.7 Å². The lowest BCUT2D eigenvalue weighted by Gasteiger charge is -2.38. The lowest BCUT2D eigenvalue weighted by Crippen LogP contribution is -2.37. The van der Waals surface area contributed by atoms with Crippen molar-refractivity contribution in [1.82, 2.24) is 9.97 Å². The van der Waals surface area contributed by atoms with Crippen molar-refractivity contribution in [3.05, 3.63) is 61.5 Å². The number of rotatable bonds is 6. The van der Waals surface area contributed by atoms with E-state index in [9.17, 15) is 9.59 Å². The Hall–Kier alpha value is -1.86. The van der Waals surface area contributed by atoms with Gasteiger partial charge in [-0.1, -0.05) is 73.4 Å². The second kappa shape index (κ2) is 8.94. The predicted octanol–water partition coefficient (Wildman–Crippen LogP) is 6.02. The highest BCUT2D eigenvalue weighted by molar-refractivity contribution is 9.10. The van der Waals surface area contributed by atoms with E-state index in [-0.39, 0.29) is 16.8 Å². The molecule has 2 heterocycles. The summed E-state index contributed by atoms with van der Waals surface area (Å²) < 4.78 is 0.960. The minimum Gasteiger partial charge on any atom is -0.343 e. The maximum atomic E-state index is 13.2. The zero-order valence-electron chi connectivity index (χ0n) is 18.2. The van der Waals surface area contributed by atoms with Gasteiger partial charge in [-0.05, 0) is 36.0 Å². The molecule has 31 heavy (non-hydrogen) atoms. The number of thioether (sulfide) groups is 1. The first-order valence-electron chi connectivity index (χ1n) is 10.8. The van der Waals surface area contributed by atoms with Crippen molar-refractivity contribution in [2.45, 2.75) is 63.9 Å². The molecule has 0 saturated carbocycles. The van der Waals surface area contributed by atoms with Gasteiger partial charge in [0.15, 0.2) is 10.9 Å². The molecule has 0 fully saturated rings. The number of allylic oxidation sites excluding steroid dienone is 2. The largest absolute Gasteiger partial charge is 0.343 e. The van der Waals surface area contributed by atoms with Crippen LogP contribution in [0.4, 0.5) is 5.82 Å². The monoisotopic (exact) mass is 501 g/mol. The van der Waals surface area contributed by atoms with Crippen molar-refractivity contribution in [3.8, 4) is 0 Å². The third kappa shape index (κ3) is 4.67. The summed E-state index contributed by atoms with van der Waals surface area (Å²) in [6, 6.07) is 7.87. The standard InChI is InChI=1S/C24H28BrN3O2S/c1-4-5-6-11-31-23-27-21-20(22(30)28-23)18(14-7-9-15(25)10-8-14)19-16(26-21)12-24(2,3)13-17(19)29/h7-10,18H,4-6,11-13H2,1-3H3,(H2,26,27,28,30). The van der Waals surface area contributed by atoms with Gasteiger partial charge >= 0.3 is 0 Å². The smallest absolute Gasteiger partial charge is 0.257 e. The maximum absolute atomic E-state index is 13.2. The van der Waals surface area contributed by atoms with E-state index < -0.39 is 5.92 Å².